The molecular weight excluding hydrogens is 169 g/mol. The molecule has 1 aromatic rings. The first-order valence-electron chi connectivity index (χ1n) is 4.13. The molecule has 1 heterocycles. The van der Waals surface area contributed by atoms with E-state index in [1.165, 1.54) is 0 Å². The van der Waals surface area contributed by atoms with Crippen molar-refractivity contribution in [3.63, 3.8) is 0 Å². The van der Waals surface area contributed by atoms with Crippen LogP contribution in [0.3, 0.4) is 0 Å². The Hall–Kier alpha value is -1.56. The molecule has 0 saturated heterocycles. The average Bonchev–Trinajstić information content (AvgIpc) is 2.58. The summed E-state index contributed by atoms with van der Waals surface area (Å²) in [7, 11) is 0. The summed E-state index contributed by atoms with van der Waals surface area (Å²) in [6, 6.07) is 5.28. The molecule has 1 aromatic carbocycles. The van der Waals surface area contributed by atoms with Gasteiger partial charge < -0.3 is 4.74 Å². The molecule has 66 valence electrons. The van der Waals surface area contributed by atoms with Crippen LogP contribution in [0.15, 0.2) is 12.1 Å². The second-order valence-electron chi connectivity index (χ2n) is 2.95. The summed E-state index contributed by atoms with van der Waals surface area (Å²) in [6.07, 6.45) is 0.736. The summed E-state index contributed by atoms with van der Waals surface area (Å²) >= 11 is 0. The standard InChI is InChI=1S/C10H8FNO/c11-10-7(3-5-12)1-2-9-8(10)4-6-13-9/h1-2H,3-4,6H2. The van der Waals surface area contributed by atoms with Crippen LogP contribution in [0.1, 0.15) is 11.1 Å². The van der Waals surface area contributed by atoms with E-state index in [1.54, 1.807) is 12.1 Å². The molecule has 2 rings (SSSR count). The predicted octanol–water partition coefficient (Wildman–Crippen LogP) is 1.83. The minimum Gasteiger partial charge on any atom is -0.493 e. The summed E-state index contributed by atoms with van der Waals surface area (Å²) in [5.74, 6) is 0.357. The Labute approximate surface area is 75.6 Å². The van der Waals surface area contributed by atoms with Crippen LogP contribution in [0.4, 0.5) is 4.39 Å². The topological polar surface area (TPSA) is 33.0 Å². The summed E-state index contributed by atoms with van der Waals surface area (Å²) in [4.78, 5) is 0. The Morgan fingerprint density at radius 3 is 3.15 bits per heavy atom. The number of hydrogen-bond donors (Lipinski definition) is 0. The third-order valence-electron chi connectivity index (χ3n) is 2.16. The van der Waals surface area contributed by atoms with E-state index >= 15 is 0 Å². The molecule has 3 heteroatoms. The van der Waals surface area contributed by atoms with Crippen LogP contribution in [-0.2, 0) is 12.8 Å². The van der Waals surface area contributed by atoms with Crippen molar-refractivity contribution < 1.29 is 9.13 Å². The molecular formula is C10H8FNO. The van der Waals surface area contributed by atoms with Crippen molar-refractivity contribution in [2.45, 2.75) is 12.8 Å². The van der Waals surface area contributed by atoms with Gasteiger partial charge in [0.05, 0.1) is 19.1 Å². The van der Waals surface area contributed by atoms with Crippen LogP contribution in [0, 0.1) is 17.1 Å². The van der Waals surface area contributed by atoms with Crippen LogP contribution in [-0.4, -0.2) is 6.61 Å². The number of nitrogens with zero attached hydrogens (tertiary/aromatic N) is 1. The quantitative estimate of drug-likeness (QED) is 0.655. The number of rotatable bonds is 1. The second-order valence-corrected chi connectivity index (χ2v) is 2.95. The Kier molecular flexibility index (Phi) is 1.90. The molecule has 2 nitrogen and oxygen atoms in total. The monoisotopic (exact) mass is 177 g/mol. The van der Waals surface area contributed by atoms with Gasteiger partial charge in [-0.2, -0.15) is 5.26 Å². The van der Waals surface area contributed by atoms with E-state index in [9.17, 15) is 4.39 Å². The van der Waals surface area contributed by atoms with Crippen LogP contribution in [0.5, 0.6) is 5.75 Å². The van der Waals surface area contributed by atoms with Crippen molar-refractivity contribution in [1.29, 1.82) is 5.26 Å². The lowest BCUT2D eigenvalue weighted by molar-refractivity contribution is 0.357. The molecule has 0 aliphatic carbocycles. The number of hydrogen-bond acceptors (Lipinski definition) is 2. The van der Waals surface area contributed by atoms with Gasteiger partial charge in [-0.05, 0) is 6.07 Å². The molecule has 0 bridgehead atoms. The lowest BCUT2D eigenvalue weighted by Crippen LogP contribution is -1.93. The van der Waals surface area contributed by atoms with Gasteiger partial charge in [0.2, 0.25) is 0 Å². The van der Waals surface area contributed by atoms with E-state index in [0.717, 1.165) is 0 Å². The van der Waals surface area contributed by atoms with Gasteiger partial charge in [-0.1, -0.05) is 6.07 Å². The van der Waals surface area contributed by atoms with E-state index < -0.39 is 0 Å². The smallest absolute Gasteiger partial charge is 0.134 e. The molecule has 0 atom stereocenters. The third-order valence-corrected chi connectivity index (χ3v) is 2.16. The van der Waals surface area contributed by atoms with Gasteiger partial charge in [-0.15, -0.1) is 0 Å². The fraction of sp³-hybridized carbons (Fsp3) is 0.300. The zero-order valence-corrected chi connectivity index (χ0v) is 7.01. The van der Waals surface area contributed by atoms with Crippen molar-refractivity contribution in [2.75, 3.05) is 6.61 Å². The molecule has 0 amide bonds. The number of ether oxygens (including phenoxy) is 1. The summed E-state index contributed by atoms with van der Waals surface area (Å²) in [6.45, 7) is 0.544. The summed E-state index contributed by atoms with van der Waals surface area (Å²) in [5.41, 5.74) is 1.08. The maximum absolute atomic E-state index is 13.5. The zero-order valence-electron chi connectivity index (χ0n) is 7.01. The Bertz CT molecular complexity index is 381. The third kappa shape index (κ3) is 1.25. The van der Waals surface area contributed by atoms with Crippen LogP contribution >= 0.6 is 0 Å². The van der Waals surface area contributed by atoms with Crippen molar-refractivity contribution in [3.8, 4) is 11.8 Å². The maximum atomic E-state index is 13.5. The number of nitriles is 1. The fourth-order valence-electron chi connectivity index (χ4n) is 1.50. The molecule has 1 aliphatic heterocycles. The summed E-state index contributed by atoms with van der Waals surface area (Å²) < 4.78 is 18.7. The predicted molar refractivity (Wildman–Crippen MR) is 44.9 cm³/mol. The van der Waals surface area contributed by atoms with E-state index in [0.29, 0.717) is 29.9 Å². The van der Waals surface area contributed by atoms with Gasteiger partial charge in [0, 0.05) is 17.5 Å². The van der Waals surface area contributed by atoms with E-state index in [-0.39, 0.29) is 12.2 Å². The first-order valence-corrected chi connectivity index (χ1v) is 4.13. The van der Waals surface area contributed by atoms with E-state index in [4.69, 9.17) is 10.00 Å². The minimum absolute atomic E-state index is 0.124. The highest BCUT2D eigenvalue weighted by Crippen LogP contribution is 2.29. The van der Waals surface area contributed by atoms with Crippen molar-refractivity contribution >= 4 is 0 Å². The van der Waals surface area contributed by atoms with Crippen molar-refractivity contribution in [3.05, 3.63) is 29.1 Å². The zero-order chi connectivity index (χ0) is 9.26. The highest BCUT2D eigenvalue weighted by Gasteiger charge is 2.18. The molecule has 0 unspecified atom stereocenters. The fourth-order valence-corrected chi connectivity index (χ4v) is 1.50. The van der Waals surface area contributed by atoms with Gasteiger partial charge in [-0.25, -0.2) is 4.39 Å². The van der Waals surface area contributed by atoms with Crippen LogP contribution in [0.25, 0.3) is 0 Å². The normalized spacial score (nSPS) is 13.2. The van der Waals surface area contributed by atoms with Crippen LogP contribution in [0.2, 0.25) is 0 Å². The van der Waals surface area contributed by atoms with E-state index in [2.05, 4.69) is 0 Å². The Morgan fingerprint density at radius 1 is 1.54 bits per heavy atom. The number of benzene rings is 1. The van der Waals surface area contributed by atoms with E-state index in [1.807, 2.05) is 6.07 Å². The molecule has 0 saturated carbocycles. The second kappa shape index (κ2) is 3.06. The van der Waals surface area contributed by atoms with Crippen molar-refractivity contribution in [1.82, 2.24) is 0 Å². The minimum atomic E-state index is -0.267. The molecule has 0 fully saturated rings. The number of fused-ring (bicyclic) bond motifs is 1. The Balaban J connectivity index is 2.47. The average molecular weight is 177 g/mol. The highest BCUT2D eigenvalue weighted by atomic mass is 19.1. The van der Waals surface area contributed by atoms with Crippen molar-refractivity contribution in [2.24, 2.45) is 0 Å². The molecule has 13 heavy (non-hydrogen) atoms. The summed E-state index contributed by atoms with van der Waals surface area (Å²) in [5, 5.41) is 8.44. The van der Waals surface area contributed by atoms with Gasteiger partial charge in [0.15, 0.2) is 0 Å². The number of halogens is 1. The van der Waals surface area contributed by atoms with Crippen LogP contribution < -0.4 is 4.74 Å². The molecule has 0 spiro atoms. The lowest BCUT2D eigenvalue weighted by Gasteiger charge is -2.02. The maximum Gasteiger partial charge on any atom is 0.134 e. The lowest BCUT2D eigenvalue weighted by atomic mass is 10.1. The Morgan fingerprint density at radius 2 is 2.38 bits per heavy atom. The molecule has 0 aromatic heterocycles. The van der Waals surface area contributed by atoms with Gasteiger partial charge in [-0.3, -0.25) is 0 Å². The highest BCUT2D eigenvalue weighted by molar-refractivity contribution is 5.42. The van der Waals surface area contributed by atoms with Gasteiger partial charge >= 0.3 is 0 Å². The molecule has 0 N–H and O–H groups in total. The SMILES string of the molecule is N#CCc1ccc2c(c1F)CCO2. The first kappa shape index (κ1) is 8.06. The first-order chi connectivity index (χ1) is 6.33. The largest absolute Gasteiger partial charge is 0.493 e. The molecule has 0 radical (unpaired) electrons. The van der Waals surface area contributed by atoms with Gasteiger partial charge in [0.25, 0.3) is 0 Å². The van der Waals surface area contributed by atoms with Gasteiger partial charge in [0.1, 0.15) is 11.6 Å². The molecule has 1 aliphatic rings.